The number of carbonyl (C=O) groups excluding carboxylic acids is 1. The van der Waals surface area contributed by atoms with E-state index in [4.69, 9.17) is 34.2 Å². The monoisotopic (exact) mass is 1690 g/mol. The number of ether oxygens (including phenoxy) is 6. The predicted octanol–water partition coefficient (Wildman–Crippen LogP) is 11.7. The van der Waals surface area contributed by atoms with Crippen molar-refractivity contribution in [1.82, 2.24) is 73.7 Å². The van der Waals surface area contributed by atoms with Gasteiger partial charge < -0.3 is 60.5 Å². The quantitative estimate of drug-likeness (QED) is 0.0305. The maximum absolute atomic E-state index is 13.4. The summed E-state index contributed by atoms with van der Waals surface area (Å²) in [6.07, 6.45) is 14.2. The highest BCUT2D eigenvalue weighted by Crippen LogP contribution is 2.39. The molecule has 1 amide bonds. The van der Waals surface area contributed by atoms with Crippen LogP contribution in [0.3, 0.4) is 0 Å². The number of likely N-dealkylation sites (tertiary alicyclic amines) is 3. The van der Waals surface area contributed by atoms with E-state index in [9.17, 15) is 49.8 Å². The second kappa shape index (κ2) is 37.1. The Hall–Kier alpha value is -9.04. The highest BCUT2D eigenvalue weighted by Gasteiger charge is 2.46. The van der Waals surface area contributed by atoms with E-state index in [2.05, 4.69) is 83.4 Å². The largest absolute Gasteiger partial charge is 0.506 e. The summed E-state index contributed by atoms with van der Waals surface area (Å²) in [5.74, 6) is -4.03. The summed E-state index contributed by atoms with van der Waals surface area (Å²) < 4.78 is 142. The Balaban J connectivity index is 0.000000149. The summed E-state index contributed by atoms with van der Waals surface area (Å²) in [5, 5.41) is 35.3. The van der Waals surface area contributed by atoms with Gasteiger partial charge in [0.2, 0.25) is 0 Å². The molecule has 37 heteroatoms. The number of benzene rings is 2. The minimum Gasteiger partial charge on any atom is -0.506 e. The molecular weight excluding hydrogens is 1600 g/mol. The van der Waals surface area contributed by atoms with Crippen LogP contribution in [-0.2, 0) is 18.8 Å². The van der Waals surface area contributed by atoms with E-state index in [1.54, 1.807) is 85.9 Å². The van der Waals surface area contributed by atoms with Crippen LogP contribution in [0.2, 0.25) is 0 Å². The van der Waals surface area contributed by atoms with Crippen molar-refractivity contribution in [2.75, 3.05) is 135 Å². The normalized spacial score (nSPS) is 17.7. The van der Waals surface area contributed by atoms with Gasteiger partial charge in [0, 0.05) is 130 Å². The van der Waals surface area contributed by atoms with E-state index in [0.717, 1.165) is 99.2 Å². The zero-order chi connectivity index (χ0) is 80.0. The number of amides is 1. The van der Waals surface area contributed by atoms with Gasteiger partial charge in [-0.1, -0.05) is 22.4 Å². The van der Waals surface area contributed by atoms with Crippen LogP contribution in [0.1, 0.15) is 102 Å². The lowest BCUT2D eigenvalue weighted by Gasteiger charge is -2.35. The van der Waals surface area contributed by atoms with Crippen molar-refractivity contribution in [3.05, 3.63) is 134 Å². The Morgan fingerprint density at radius 3 is 1.47 bits per heavy atom. The fourth-order valence-corrected chi connectivity index (χ4v) is 14.9. The smallest absolute Gasteiger partial charge is 0.270 e. The molecule has 5 fully saturated rings. The predicted molar refractivity (Wildman–Crippen MR) is 410 cm³/mol. The molecule has 2 aromatic carbocycles. The Bertz CT molecular complexity index is 4710. The summed E-state index contributed by atoms with van der Waals surface area (Å²) >= 11 is 6.51. The molecule has 12 heterocycles. The minimum absolute atomic E-state index is 0.00694. The molecule has 6 aliphatic rings. The lowest BCUT2D eigenvalue weighted by Crippen LogP contribution is -2.48. The number of nitrogens with zero attached hydrogens (tertiary/aromatic N) is 13. The zero-order valence-corrected chi connectivity index (χ0v) is 66.2. The molecule has 9 aromatic rings. The number of carbonyl (C=O) groups is 1. The number of anilines is 3. The van der Waals surface area contributed by atoms with Gasteiger partial charge in [0.05, 0.1) is 77.7 Å². The Morgan fingerprint density at radius 2 is 1.04 bits per heavy atom. The van der Waals surface area contributed by atoms with Crippen molar-refractivity contribution in [2.24, 2.45) is 0 Å². The third-order valence-corrected chi connectivity index (χ3v) is 20.7. The fraction of sp³-hybridized carbons (Fsp3) is 0.514. The number of rotatable bonds is 20. The molecule has 111 heavy (non-hydrogen) atoms. The molecule has 15 rings (SSSR count). The first-order chi connectivity index (χ1) is 52.9. The molecule has 0 radical (unpaired) electrons. The topological polar surface area (TPSA) is 289 Å². The van der Waals surface area contributed by atoms with Gasteiger partial charge in [-0.05, 0) is 105 Å². The van der Waals surface area contributed by atoms with E-state index >= 15 is 0 Å². The first kappa shape index (κ1) is 84.4. The molecular formula is C74H94Br2F8N18O9. The maximum Gasteiger partial charge on any atom is 0.270 e. The molecule has 0 unspecified atom stereocenters. The van der Waals surface area contributed by atoms with Crippen molar-refractivity contribution >= 4 is 71.8 Å². The minimum atomic E-state index is -2.59. The second-order valence-corrected chi connectivity index (χ2v) is 29.4. The lowest BCUT2D eigenvalue weighted by atomic mass is 9.89. The van der Waals surface area contributed by atoms with E-state index in [1.807, 2.05) is 64.1 Å². The van der Waals surface area contributed by atoms with Crippen LogP contribution < -0.4 is 61.0 Å². The van der Waals surface area contributed by atoms with Gasteiger partial charge in [0.15, 0.2) is 17.5 Å². The Kier molecular flexibility index (Phi) is 28.2. The number of alkyl halides is 9. The second-order valence-electron chi connectivity index (χ2n) is 27.7. The molecule has 5 aliphatic heterocycles. The van der Waals surface area contributed by atoms with Crippen molar-refractivity contribution < 1.29 is 73.4 Å². The number of methoxy groups -OCH3 is 4. The third kappa shape index (κ3) is 21.4. The van der Waals surface area contributed by atoms with Crippen LogP contribution in [-0.4, -0.2) is 217 Å². The number of nitrogens with one attached hydrogen (secondary N) is 4. The van der Waals surface area contributed by atoms with Gasteiger partial charge in [-0.25, -0.2) is 63.6 Å². The number of nitrogen functional groups attached to an aromatic ring is 1. The summed E-state index contributed by atoms with van der Waals surface area (Å²) in [5.41, 5.74) is 13.2. The first-order valence-corrected chi connectivity index (χ1v) is 38.1. The van der Waals surface area contributed by atoms with Crippen LogP contribution in [0.15, 0.2) is 89.3 Å². The van der Waals surface area contributed by atoms with Gasteiger partial charge >= 0.3 is 0 Å². The molecule has 4 saturated heterocycles. The zero-order valence-electron chi connectivity index (χ0n) is 63.1. The standard InChI is InChI=1S/C22H27F2N5O3.C16H18N4O3.C13H15BrN2O2.C13H17F2N5O.C6H10BrF2N.C4H7F2N/c1-15-19(32-9-8-28-7-6-22(23,24)13-28)12-29-20(15)21(26-14-27-29)25-11-16-4-5-17(30-2)10-18(16)31-3;1-10-13(21)8-20-15(10)16(18-9-19-20)17-7-11-4-5-12(22-2)6-14(11)23-3;1-8-7-9(14)12(18)16-10(8)11(17)15-13(16)5-3-2-4-6-13;1-9-10(6-20-11(9)12(16)17-8-18-20)21-5-4-19-3-2-13(14,15)7-19;7-2-4-10-3-1-6(8,9)5-10;5-4(6)1-2-7-3-4/h4-5,10,12,14H,6-9,11,13H2,1-3H3,(H,25,26,27);4-6,8-9,21H,7H2,1-3H3,(H,17,18,19);7H,2-6H2,1H3,(H,15,17);6,8H,2-5,7H2,1H3,(H2,16,17,18);1-5H2;7H,1-3H2. The summed E-state index contributed by atoms with van der Waals surface area (Å²) in [6.45, 7) is 12.1. The summed E-state index contributed by atoms with van der Waals surface area (Å²) in [7, 11) is 6.47. The molecule has 1 saturated carbocycles. The van der Waals surface area contributed by atoms with Crippen molar-refractivity contribution in [1.29, 1.82) is 0 Å². The van der Waals surface area contributed by atoms with Gasteiger partial charge in [0.25, 0.3) is 35.2 Å². The summed E-state index contributed by atoms with van der Waals surface area (Å²) in [6, 6.07) is 13.0. The SMILES string of the molecule is COc1ccc(CNc2ncnn3cc(O)c(C)c23)c(OC)c1.COc1ccc(CNc2ncnn3cc(OCCN4CCC(F)(F)C4)c(C)c23)c(OC)c1.Cc1c(OCCN2CCC(F)(F)C2)cn2ncnc(N)c12.Cc1cc(Br)c(=O)n2c1C(=O)NC21CCCCC1.FC1(F)CCN(CCBr)C1.FC1(F)CCNC1. The number of nitrogens with two attached hydrogens (primary N) is 1. The van der Waals surface area contributed by atoms with Crippen molar-refractivity contribution in [3.8, 4) is 40.2 Å². The molecule has 0 bridgehead atoms. The van der Waals surface area contributed by atoms with Gasteiger partial charge in [-0.15, -0.1) is 0 Å². The van der Waals surface area contributed by atoms with Gasteiger partial charge in [0.1, 0.15) is 100 Å². The number of hydrogen-bond acceptors (Lipinski definition) is 22. The third-order valence-electron chi connectivity index (χ3n) is 19.8. The molecule has 27 nitrogen and oxygen atoms in total. The van der Waals surface area contributed by atoms with E-state index < -0.39 is 29.4 Å². The number of aromatic nitrogens is 10. The molecule has 604 valence electrons. The van der Waals surface area contributed by atoms with Crippen LogP contribution in [0.5, 0.6) is 40.2 Å². The Morgan fingerprint density at radius 1 is 0.568 bits per heavy atom. The van der Waals surface area contributed by atoms with Gasteiger partial charge in [-0.2, -0.15) is 15.3 Å². The number of pyridine rings is 1. The van der Waals surface area contributed by atoms with Crippen molar-refractivity contribution in [2.45, 2.75) is 128 Å². The number of halogens is 10. The van der Waals surface area contributed by atoms with Crippen LogP contribution in [0.25, 0.3) is 16.6 Å². The molecule has 0 atom stereocenters. The van der Waals surface area contributed by atoms with Crippen LogP contribution in [0.4, 0.5) is 52.6 Å². The van der Waals surface area contributed by atoms with Crippen molar-refractivity contribution in [3.63, 3.8) is 0 Å². The van der Waals surface area contributed by atoms with E-state index in [-0.39, 0.29) is 69.1 Å². The Labute approximate surface area is 653 Å². The number of hydrogen-bond donors (Lipinski definition) is 6. The molecule has 7 N–H and O–H groups in total. The fourth-order valence-electron chi connectivity index (χ4n) is 13.9. The number of aryl methyl sites for hydroxylation is 4. The molecule has 7 aromatic heterocycles. The van der Waals surface area contributed by atoms with Crippen LogP contribution >= 0.6 is 31.9 Å². The average molecular weight is 1690 g/mol. The summed E-state index contributed by atoms with van der Waals surface area (Å²) in [4.78, 5) is 42.3. The molecule has 1 aliphatic carbocycles. The molecule has 1 spiro atoms. The average Bonchev–Trinajstić information content (AvgIpc) is 1.58. The van der Waals surface area contributed by atoms with E-state index in [1.165, 1.54) is 25.4 Å². The first-order valence-electron chi connectivity index (χ1n) is 36.2. The maximum atomic E-state index is 13.4. The lowest BCUT2D eigenvalue weighted by molar-refractivity contribution is 0.0106. The number of aromatic hydroxyl groups is 1. The highest BCUT2D eigenvalue weighted by molar-refractivity contribution is 9.10. The van der Waals surface area contributed by atoms with E-state index in [0.29, 0.717) is 116 Å². The number of fused-ring (bicyclic) bond motifs is 5. The van der Waals surface area contributed by atoms with Gasteiger partial charge in [-0.3, -0.25) is 28.9 Å². The highest BCUT2D eigenvalue weighted by atomic mass is 79.9. The van der Waals surface area contributed by atoms with Crippen LogP contribution in [0, 0.1) is 27.7 Å².